The predicted molar refractivity (Wildman–Crippen MR) is 106 cm³/mol. The second-order valence-corrected chi connectivity index (χ2v) is 6.21. The van der Waals surface area contributed by atoms with Crippen LogP contribution in [0.25, 0.3) is 0 Å². The van der Waals surface area contributed by atoms with Gasteiger partial charge < -0.3 is 20.5 Å². The lowest BCUT2D eigenvalue weighted by Gasteiger charge is -2.14. The van der Waals surface area contributed by atoms with Crippen LogP contribution in [0, 0.1) is 0 Å². The van der Waals surface area contributed by atoms with E-state index in [4.69, 9.17) is 15.2 Å². The van der Waals surface area contributed by atoms with Crippen molar-refractivity contribution in [2.45, 2.75) is 25.1 Å². The molecule has 0 aliphatic carbocycles. The van der Waals surface area contributed by atoms with Crippen molar-refractivity contribution in [1.82, 2.24) is 5.32 Å². The molecule has 9 heteroatoms. The number of hydrogen-bond acceptors (Lipinski definition) is 4. The van der Waals surface area contributed by atoms with E-state index in [-0.39, 0.29) is 42.3 Å². The quantitative estimate of drug-likeness (QED) is 0.632. The van der Waals surface area contributed by atoms with Gasteiger partial charge in [-0.15, -0.1) is 12.4 Å². The SMILES string of the molecule is COc1cc(CCC(=O)NCC(N)c2ccccc2)ccc1OCC(F)(F)F.Cl. The largest absolute Gasteiger partial charge is 0.493 e. The summed E-state index contributed by atoms with van der Waals surface area (Å²) >= 11 is 0. The van der Waals surface area contributed by atoms with Crippen LogP contribution in [0.1, 0.15) is 23.6 Å². The molecule has 5 nitrogen and oxygen atoms in total. The Morgan fingerprint density at radius 3 is 2.45 bits per heavy atom. The Kier molecular flexibility index (Phi) is 9.77. The topological polar surface area (TPSA) is 73.6 Å². The van der Waals surface area contributed by atoms with Crippen molar-refractivity contribution in [2.75, 3.05) is 20.3 Å². The Hall–Kier alpha value is -2.45. The van der Waals surface area contributed by atoms with Gasteiger partial charge in [0.1, 0.15) is 0 Å². The molecule has 3 N–H and O–H groups in total. The van der Waals surface area contributed by atoms with Gasteiger partial charge in [-0.3, -0.25) is 4.79 Å². The fraction of sp³-hybridized carbons (Fsp3) is 0.350. The van der Waals surface area contributed by atoms with Crippen LogP contribution in [0.2, 0.25) is 0 Å². The van der Waals surface area contributed by atoms with Crippen LogP contribution in [-0.2, 0) is 11.2 Å². The van der Waals surface area contributed by atoms with Crippen molar-refractivity contribution in [1.29, 1.82) is 0 Å². The lowest BCUT2D eigenvalue weighted by molar-refractivity contribution is -0.153. The highest BCUT2D eigenvalue weighted by Gasteiger charge is 2.29. The first kappa shape index (κ1) is 24.6. The predicted octanol–water partition coefficient (Wildman–Crippen LogP) is 3.81. The molecule has 0 aliphatic heterocycles. The molecule has 0 aromatic heterocycles. The zero-order chi connectivity index (χ0) is 20.6. The molecule has 0 aliphatic rings. The molecule has 2 aromatic rings. The van der Waals surface area contributed by atoms with E-state index < -0.39 is 12.8 Å². The Balaban J connectivity index is 0.00000420. The number of alkyl halides is 3. The van der Waals surface area contributed by atoms with Crippen molar-refractivity contribution >= 4 is 18.3 Å². The summed E-state index contributed by atoms with van der Waals surface area (Å²) in [6.07, 6.45) is -3.81. The highest BCUT2D eigenvalue weighted by Crippen LogP contribution is 2.30. The maximum Gasteiger partial charge on any atom is 0.422 e. The van der Waals surface area contributed by atoms with Gasteiger partial charge in [0.2, 0.25) is 5.91 Å². The van der Waals surface area contributed by atoms with Gasteiger partial charge in [0, 0.05) is 19.0 Å². The molecule has 0 fully saturated rings. The van der Waals surface area contributed by atoms with Gasteiger partial charge in [-0.1, -0.05) is 36.4 Å². The standard InChI is InChI=1S/C20H23F3N2O3.ClH/c1-27-18-11-14(7-9-17(18)28-13-20(21,22)23)8-10-19(26)25-12-16(24)15-5-3-2-4-6-15;/h2-7,9,11,16H,8,10,12-13,24H2,1H3,(H,25,26);1H. The first-order valence-corrected chi connectivity index (χ1v) is 8.72. The molecule has 0 radical (unpaired) electrons. The van der Waals surface area contributed by atoms with E-state index in [0.29, 0.717) is 13.0 Å². The molecule has 160 valence electrons. The summed E-state index contributed by atoms with van der Waals surface area (Å²) in [5, 5.41) is 2.78. The molecular weight excluding hydrogens is 409 g/mol. The Morgan fingerprint density at radius 2 is 1.83 bits per heavy atom. The number of carbonyl (C=O) groups excluding carboxylic acids is 1. The molecule has 1 unspecified atom stereocenters. The maximum absolute atomic E-state index is 12.3. The highest BCUT2D eigenvalue weighted by molar-refractivity contribution is 5.85. The zero-order valence-electron chi connectivity index (χ0n) is 15.9. The molecular formula is C20H24ClF3N2O3. The Labute approximate surface area is 173 Å². The van der Waals surface area contributed by atoms with E-state index in [1.165, 1.54) is 13.2 Å². The van der Waals surface area contributed by atoms with E-state index in [0.717, 1.165) is 11.1 Å². The van der Waals surface area contributed by atoms with Crippen molar-refractivity contribution in [3.8, 4) is 11.5 Å². The third kappa shape index (κ3) is 8.62. The number of aryl methyl sites for hydroxylation is 1. The van der Waals surface area contributed by atoms with E-state index >= 15 is 0 Å². The zero-order valence-corrected chi connectivity index (χ0v) is 16.7. The summed E-state index contributed by atoms with van der Waals surface area (Å²) in [4.78, 5) is 12.0. The van der Waals surface area contributed by atoms with E-state index in [1.807, 2.05) is 30.3 Å². The summed E-state index contributed by atoms with van der Waals surface area (Å²) in [6.45, 7) is -1.08. The number of ether oxygens (including phenoxy) is 2. The minimum absolute atomic E-state index is 0. The molecule has 0 heterocycles. The van der Waals surface area contributed by atoms with E-state index in [2.05, 4.69) is 5.32 Å². The number of carbonyl (C=O) groups is 1. The van der Waals surface area contributed by atoms with Crippen molar-refractivity contribution in [3.05, 3.63) is 59.7 Å². The smallest absolute Gasteiger partial charge is 0.422 e. The molecule has 29 heavy (non-hydrogen) atoms. The maximum atomic E-state index is 12.3. The molecule has 0 bridgehead atoms. The second-order valence-electron chi connectivity index (χ2n) is 6.21. The number of hydrogen-bond donors (Lipinski definition) is 2. The van der Waals surface area contributed by atoms with E-state index in [9.17, 15) is 18.0 Å². The fourth-order valence-corrected chi connectivity index (χ4v) is 2.53. The first-order chi connectivity index (χ1) is 13.3. The Bertz CT molecular complexity index is 773. The van der Waals surface area contributed by atoms with Crippen LogP contribution in [0.3, 0.4) is 0 Å². The van der Waals surface area contributed by atoms with Gasteiger partial charge in [-0.2, -0.15) is 13.2 Å². The number of benzene rings is 2. The summed E-state index contributed by atoms with van der Waals surface area (Å²) in [5.74, 6) is 0.0258. The van der Waals surface area contributed by atoms with Crippen LogP contribution in [-0.4, -0.2) is 32.3 Å². The van der Waals surface area contributed by atoms with Crippen LogP contribution in [0.15, 0.2) is 48.5 Å². The molecule has 0 saturated heterocycles. The molecule has 2 rings (SSSR count). The van der Waals surface area contributed by atoms with Crippen LogP contribution >= 0.6 is 12.4 Å². The van der Waals surface area contributed by atoms with Crippen LogP contribution in [0.4, 0.5) is 13.2 Å². The number of nitrogens with one attached hydrogen (secondary N) is 1. The minimum atomic E-state index is -4.43. The minimum Gasteiger partial charge on any atom is -0.493 e. The summed E-state index contributed by atoms with van der Waals surface area (Å²) in [5.41, 5.74) is 7.72. The molecule has 2 aromatic carbocycles. The lowest BCUT2D eigenvalue weighted by Crippen LogP contribution is -2.32. The van der Waals surface area contributed by atoms with Gasteiger partial charge in [0.25, 0.3) is 0 Å². The average Bonchev–Trinajstić information content (AvgIpc) is 2.69. The summed E-state index contributed by atoms with van der Waals surface area (Å²) < 4.78 is 46.7. The molecule has 1 atom stereocenters. The van der Waals surface area contributed by atoms with Crippen molar-refractivity contribution < 1.29 is 27.4 Å². The average molecular weight is 433 g/mol. The number of nitrogens with two attached hydrogens (primary N) is 1. The third-order valence-electron chi connectivity index (χ3n) is 4.01. The van der Waals surface area contributed by atoms with Gasteiger partial charge in [0.15, 0.2) is 18.1 Å². The van der Waals surface area contributed by atoms with Crippen LogP contribution < -0.4 is 20.5 Å². The molecule has 0 saturated carbocycles. The molecule has 1 amide bonds. The third-order valence-corrected chi connectivity index (χ3v) is 4.01. The molecule has 0 spiro atoms. The number of halogens is 4. The number of methoxy groups -OCH3 is 1. The van der Waals surface area contributed by atoms with Crippen LogP contribution in [0.5, 0.6) is 11.5 Å². The van der Waals surface area contributed by atoms with Crippen molar-refractivity contribution in [2.24, 2.45) is 5.73 Å². The monoisotopic (exact) mass is 432 g/mol. The van der Waals surface area contributed by atoms with E-state index in [1.54, 1.807) is 12.1 Å². The van der Waals surface area contributed by atoms with Gasteiger partial charge in [-0.05, 0) is 29.7 Å². The lowest BCUT2D eigenvalue weighted by atomic mass is 10.1. The van der Waals surface area contributed by atoms with Gasteiger partial charge in [-0.25, -0.2) is 0 Å². The normalized spacial score (nSPS) is 11.9. The fourth-order valence-electron chi connectivity index (χ4n) is 2.53. The Morgan fingerprint density at radius 1 is 1.14 bits per heavy atom. The van der Waals surface area contributed by atoms with Gasteiger partial charge in [0.05, 0.1) is 7.11 Å². The number of rotatable bonds is 9. The number of amides is 1. The first-order valence-electron chi connectivity index (χ1n) is 8.72. The summed E-state index contributed by atoms with van der Waals surface area (Å²) in [6, 6.07) is 13.7. The van der Waals surface area contributed by atoms with Crippen molar-refractivity contribution in [3.63, 3.8) is 0 Å². The summed E-state index contributed by atoms with van der Waals surface area (Å²) in [7, 11) is 1.34. The second kappa shape index (κ2) is 11.5. The van der Waals surface area contributed by atoms with Gasteiger partial charge >= 0.3 is 6.18 Å². The highest BCUT2D eigenvalue weighted by atomic mass is 35.5.